The number of esters is 1. The second kappa shape index (κ2) is 10.9. The quantitative estimate of drug-likeness (QED) is 0.376. The van der Waals surface area contributed by atoms with Crippen LogP contribution in [0.1, 0.15) is 25.3 Å². The Hall–Kier alpha value is -2.30. The zero-order chi connectivity index (χ0) is 20.5. The number of amides is 1. The summed E-state index contributed by atoms with van der Waals surface area (Å²) in [6.07, 6.45) is 0.652. The van der Waals surface area contributed by atoms with Gasteiger partial charge in [0, 0.05) is 34.7 Å². The molecule has 1 aliphatic rings. The standard InChI is InChI=1S/C20H22ClN3O3S/c1-3-27-20(26)19-17(11-28-8-7-23-12-25)24-13(2)16(10-22)18(19)14-5-4-6-15(21)9-14/h4-6,9,12,16,18H,3,7-8,11H2,1-2H3,(H,23,25). The molecular formula is C20H22ClN3O3S. The molecule has 0 radical (unpaired) electrons. The Morgan fingerprint density at radius 3 is 2.93 bits per heavy atom. The highest BCUT2D eigenvalue weighted by atomic mass is 35.5. The number of thioether (sulfide) groups is 1. The van der Waals surface area contributed by atoms with E-state index in [1.54, 1.807) is 43.8 Å². The van der Waals surface area contributed by atoms with E-state index < -0.39 is 17.8 Å². The van der Waals surface area contributed by atoms with Gasteiger partial charge in [0.05, 0.1) is 29.9 Å². The third-order valence-corrected chi connectivity index (χ3v) is 5.48. The molecule has 0 aromatic heterocycles. The van der Waals surface area contributed by atoms with E-state index in [9.17, 15) is 14.9 Å². The highest BCUT2D eigenvalue weighted by Crippen LogP contribution is 2.40. The number of halogens is 1. The highest BCUT2D eigenvalue weighted by molar-refractivity contribution is 7.99. The van der Waals surface area contributed by atoms with Gasteiger partial charge in [-0.1, -0.05) is 23.7 Å². The van der Waals surface area contributed by atoms with Crippen LogP contribution in [-0.2, 0) is 14.3 Å². The van der Waals surface area contributed by atoms with E-state index in [1.165, 1.54) is 0 Å². The summed E-state index contributed by atoms with van der Waals surface area (Å²) in [6, 6.07) is 9.46. The van der Waals surface area contributed by atoms with E-state index >= 15 is 0 Å². The first-order valence-electron chi connectivity index (χ1n) is 8.88. The van der Waals surface area contributed by atoms with Crippen molar-refractivity contribution in [3.63, 3.8) is 0 Å². The number of hydrogen-bond donors (Lipinski definition) is 1. The minimum absolute atomic E-state index is 0.230. The Morgan fingerprint density at radius 2 is 2.29 bits per heavy atom. The zero-order valence-electron chi connectivity index (χ0n) is 15.8. The average molecular weight is 420 g/mol. The number of rotatable bonds is 9. The number of nitriles is 1. The fraction of sp³-hybridized carbons (Fsp3) is 0.400. The number of ether oxygens (including phenoxy) is 1. The van der Waals surface area contributed by atoms with Crippen LogP contribution in [0.25, 0.3) is 0 Å². The van der Waals surface area contributed by atoms with Crippen molar-refractivity contribution in [3.05, 3.63) is 46.1 Å². The molecule has 1 heterocycles. The minimum Gasteiger partial charge on any atom is -0.463 e. The third kappa shape index (κ3) is 5.37. The monoisotopic (exact) mass is 419 g/mol. The first-order valence-corrected chi connectivity index (χ1v) is 10.4. The number of carbonyl (C=O) groups excluding carboxylic acids is 2. The topological polar surface area (TPSA) is 91.5 Å². The molecule has 6 nitrogen and oxygen atoms in total. The molecule has 0 spiro atoms. The fourth-order valence-electron chi connectivity index (χ4n) is 3.08. The molecule has 0 fully saturated rings. The van der Waals surface area contributed by atoms with Gasteiger partial charge in [0.2, 0.25) is 6.41 Å². The van der Waals surface area contributed by atoms with Crippen LogP contribution in [0.3, 0.4) is 0 Å². The summed E-state index contributed by atoms with van der Waals surface area (Å²) in [7, 11) is 0. The lowest BCUT2D eigenvalue weighted by Crippen LogP contribution is -2.30. The Balaban J connectivity index is 2.47. The largest absolute Gasteiger partial charge is 0.463 e. The van der Waals surface area contributed by atoms with Gasteiger partial charge in [-0.2, -0.15) is 17.0 Å². The van der Waals surface area contributed by atoms with Crippen LogP contribution in [-0.4, -0.2) is 42.7 Å². The van der Waals surface area contributed by atoms with Crippen molar-refractivity contribution in [2.75, 3.05) is 24.7 Å². The van der Waals surface area contributed by atoms with Crippen LogP contribution in [0.4, 0.5) is 0 Å². The number of nitrogens with zero attached hydrogens (tertiary/aromatic N) is 2. The molecule has 8 heteroatoms. The number of benzene rings is 1. The maximum Gasteiger partial charge on any atom is 0.336 e. The molecule has 1 aliphatic heterocycles. The lowest BCUT2D eigenvalue weighted by molar-refractivity contribution is -0.139. The first kappa shape index (κ1) is 22.0. The van der Waals surface area contributed by atoms with E-state index in [4.69, 9.17) is 16.3 Å². The fourth-order valence-corrected chi connectivity index (χ4v) is 4.10. The molecule has 0 aliphatic carbocycles. The van der Waals surface area contributed by atoms with Gasteiger partial charge in [0.15, 0.2) is 0 Å². The summed E-state index contributed by atoms with van der Waals surface area (Å²) >= 11 is 7.71. The summed E-state index contributed by atoms with van der Waals surface area (Å²) in [5, 5.41) is 12.9. The van der Waals surface area contributed by atoms with Crippen LogP contribution < -0.4 is 5.32 Å². The molecule has 0 saturated heterocycles. The third-order valence-electron chi connectivity index (χ3n) is 4.27. The lowest BCUT2D eigenvalue weighted by Gasteiger charge is -2.30. The molecule has 2 unspecified atom stereocenters. The van der Waals surface area contributed by atoms with E-state index in [0.717, 1.165) is 5.56 Å². The van der Waals surface area contributed by atoms with Gasteiger partial charge in [-0.05, 0) is 31.5 Å². The van der Waals surface area contributed by atoms with Crippen molar-refractivity contribution >= 4 is 41.5 Å². The smallest absolute Gasteiger partial charge is 0.336 e. The van der Waals surface area contributed by atoms with E-state index in [0.29, 0.717) is 46.5 Å². The van der Waals surface area contributed by atoms with Gasteiger partial charge >= 0.3 is 5.97 Å². The highest BCUT2D eigenvalue weighted by Gasteiger charge is 2.38. The number of nitrogens with one attached hydrogen (secondary N) is 1. The number of aliphatic imine (C=N–C) groups is 1. The second-order valence-corrected chi connectivity index (χ2v) is 7.64. The first-order chi connectivity index (χ1) is 13.5. The van der Waals surface area contributed by atoms with Gasteiger partial charge in [0.1, 0.15) is 0 Å². The SMILES string of the molecule is CCOC(=O)C1=C(CSCCNC=O)N=C(C)C(C#N)C1c1cccc(Cl)c1. The van der Waals surface area contributed by atoms with Crippen LogP contribution >= 0.6 is 23.4 Å². The Bertz CT molecular complexity index is 832. The molecule has 1 N–H and O–H groups in total. The predicted octanol–water partition coefficient (Wildman–Crippen LogP) is 3.33. The summed E-state index contributed by atoms with van der Waals surface area (Å²) in [4.78, 5) is 27.8. The van der Waals surface area contributed by atoms with Crippen molar-refractivity contribution < 1.29 is 14.3 Å². The van der Waals surface area contributed by atoms with Crippen molar-refractivity contribution in [1.29, 1.82) is 5.26 Å². The minimum atomic E-state index is -0.580. The van der Waals surface area contributed by atoms with Gasteiger partial charge in [0.25, 0.3) is 0 Å². The molecule has 1 aromatic rings. The number of carbonyl (C=O) groups is 2. The molecule has 28 heavy (non-hydrogen) atoms. The maximum atomic E-state index is 12.8. The number of hydrogen-bond acceptors (Lipinski definition) is 6. The van der Waals surface area contributed by atoms with Crippen LogP contribution in [0.5, 0.6) is 0 Å². The summed E-state index contributed by atoms with van der Waals surface area (Å²) in [5.41, 5.74) is 2.43. The van der Waals surface area contributed by atoms with Crippen LogP contribution in [0.15, 0.2) is 40.5 Å². The van der Waals surface area contributed by atoms with Gasteiger partial charge in [-0.3, -0.25) is 9.79 Å². The van der Waals surface area contributed by atoms with Crippen molar-refractivity contribution in [3.8, 4) is 6.07 Å². The average Bonchev–Trinajstić information content (AvgIpc) is 2.67. The van der Waals surface area contributed by atoms with Crippen molar-refractivity contribution in [2.45, 2.75) is 19.8 Å². The maximum absolute atomic E-state index is 12.8. The van der Waals surface area contributed by atoms with Gasteiger partial charge in [-0.25, -0.2) is 4.79 Å². The van der Waals surface area contributed by atoms with E-state index in [2.05, 4.69) is 16.4 Å². The molecular weight excluding hydrogens is 398 g/mol. The molecule has 0 saturated carbocycles. The molecule has 1 amide bonds. The molecule has 148 valence electrons. The Labute approximate surface area is 174 Å². The van der Waals surface area contributed by atoms with Crippen molar-refractivity contribution in [1.82, 2.24) is 5.32 Å². The van der Waals surface area contributed by atoms with E-state index in [-0.39, 0.29) is 6.61 Å². The van der Waals surface area contributed by atoms with Gasteiger partial charge in [-0.15, -0.1) is 0 Å². The normalized spacial score (nSPS) is 18.9. The molecule has 2 atom stereocenters. The molecule has 2 rings (SSSR count). The summed E-state index contributed by atoms with van der Waals surface area (Å²) in [6.45, 7) is 4.29. The van der Waals surface area contributed by atoms with Gasteiger partial charge < -0.3 is 10.1 Å². The van der Waals surface area contributed by atoms with Crippen LogP contribution in [0.2, 0.25) is 5.02 Å². The predicted molar refractivity (Wildman–Crippen MR) is 111 cm³/mol. The van der Waals surface area contributed by atoms with E-state index in [1.807, 2.05) is 6.07 Å². The Morgan fingerprint density at radius 1 is 1.50 bits per heavy atom. The molecule has 1 aromatic carbocycles. The Kier molecular flexibility index (Phi) is 8.55. The summed E-state index contributed by atoms with van der Waals surface area (Å²) < 4.78 is 5.29. The molecule has 0 bridgehead atoms. The summed E-state index contributed by atoms with van der Waals surface area (Å²) in [5.74, 6) is -0.393. The van der Waals surface area contributed by atoms with Crippen molar-refractivity contribution in [2.24, 2.45) is 10.9 Å². The lowest BCUT2D eigenvalue weighted by atomic mass is 9.76. The second-order valence-electron chi connectivity index (χ2n) is 6.10. The zero-order valence-corrected chi connectivity index (χ0v) is 17.3. The van der Waals surface area contributed by atoms with Crippen LogP contribution in [0, 0.1) is 17.2 Å².